The SMILES string of the molecule is N[C@@H]1CCN(C(=O)c2ccc3[nH]cc([N+](=O)[O-])c3c2)C1. The van der Waals surface area contributed by atoms with Crippen molar-refractivity contribution in [3.8, 4) is 0 Å². The maximum Gasteiger partial charge on any atom is 0.294 e. The number of carbonyl (C=O) groups is 1. The van der Waals surface area contributed by atoms with Crippen molar-refractivity contribution in [2.24, 2.45) is 5.73 Å². The molecule has 7 nitrogen and oxygen atoms in total. The van der Waals surface area contributed by atoms with E-state index in [2.05, 4.69) is 4.98 Å². The number of likely N-dealkylation sites (tertiary alicyclic amines) is 1. The first-order chi connectivity index (χ1) is 9.56. The highest BCUT2D eigenvalue weighted by atomic mass is 16.6. The summed E-state index contributed by atoms with van der Waals surface area (Å²) in [5.41, 5.74) is 6.87. The van der Waals surface area contributed by atoms with E-state index >= 15 is 0 Å². The lowest BCUT2D eigenvalue weighted by Gasteiger charge is -2.15. The zero-order valence-corrected chi connectivity index (χ0v) is 10.7. The molecular formula is C13H14N4O3. The lowest BCUT2D eigenvalue weighted by atomic mass is 10.1. The van der Waals surface area contributed by atoms with Crippen LogP contribution < -0.4 is 5.73 Å². The zero-order chi connectivity index (χ0) is 14.3. The Hall–Kier alpha value is -2.41. The van der Waals surface area contributed by atoms with Gasteiger partial charge in [-0.3, -0.25) is 14.9 Å². The Labute approximate surface area is 114 Å². The molecule has 0 bridgehead atoms. The summed E-state index contributed by atoms with van der Waals surface area (Å²) in [4.78, 5) is 27.3. The smallest absolute Gasteiger partial charge is 0.294 e. The molecule has 2 aromatic rings. The Morgan fingerprint density at radius 2 is 2.30 bits per heavy atom. The number of carbonyl (C=O) groups excluding carboxylic acids is 1. The fraction of sp³-hybridized carbons (Fsp3) is 0.308. The van der Waals surface area contributed by atoms with Crippen molar-refractivity contribution in [3.63, 3.8) is 0 Å². The van der Waals surface area contributed by atoms with E-state index in [0.717, 1.165) is 6.42 Å². The maximum absolute atomic E-state index is 12.3. The van der Waals surface area contributed by atoms with Crippen molar-refractivity contribution < 1.29 is 9.72 Å². The number of rotatable bonds is 2. The molecule has 3 N–H and O–H groups in total. The van der Waals surface area contributed by atoms with Crippen LogP contribution in [0.15, 0.2) is 24.4 Å². The summed E-state index contributed by atoms with van der Waals surface area (Å²) in [6.07, 6.45) is 2.13. The summed E-state index contributed by atoms with van der Waals surface area (Å²) in [5.74, 6) is -0.129. The molecule has 1 aliphatic heterocycles. The third kappa shape index (κ3) is 2.01. The molecule has 1 amide bonds. The topological polar surface area (TPSA) is 105 Å². The predicted octanol–water partition coefficient (Wildman–Crippen LogP) is 1.25. The van der Waals surface area contributed by atoms with Gasteiger partial charge in [0.05, 0.1) is 22.0 Å². The molecule has 0 unspecified atom stereocenters. The lowest BCUT2D eigenvalue weighted by Crippen LogP contribution is -2.31. The molecular weight excluding hydrogens is 260 g/mol. The second kappa shape index (κ2) is 4.61. The lowest BCUT2D eigenvalue weighted by molar-refractivity contribution is -0.383. The van der Waals surface area contributed by atoms with Crippen molar-refractivity contribution in [2.45, 2.75) is 12.5 Å². The molecule has 104 valence electrons. The number of aromatic amines is 1. The van der Waals surface area contributed by atoms with E-state index in [-0.39, 0.29) is 17.6 Å². The molecule has 7 heteroatoms. The van der Waals surface area contributed by atoms with Gasteiger partial charge < -0.3 is 15.6 Å². The molecule has 1 aromatic carbocycles. The van der Waals surface area contributed by atoms with Gasteiger partial charge in [-0.25, -0.2) is 0 Å². The zero-order valence-electron chi connectivity index (χ0n) is 10.7. The van der Waals surface area contributed by atoms with E-state index in [1.165, 1.54) is 6.20 Å². The van der Waals surface area contributed by atoms with Gasteiger partial charge in [0.15, 0.2) is 0 Å². The first-order valence-electron chi connectivity index (χ1n) is 6.36. The van der Waals surface area contributed by atoms with E-state index in [9.17, 15) is 14.9 Å². The van der Waals surface area contributed by atoms with Gasteiger partial charge in [0.25, 0.3) is 11.6 Å². The summed E-state index contributed by atoms with van der Waals surface area (Å²) in [6, 6.07) is 4.94. The Bertz CT molecular complexity index is 694. The number of hydrogen-bond acceptors (Lipinski definition) is 4. The van der Waals surface area contributed by atoms with E-state index in [4.69, 9.17) is 5.73 Å². The summed E-state index contributed by atoms with van der Waals surface area (Å²) < 4.78 is 0. The first-order valence-corrected chi connectivity index (χ1v) is 6.36. The number of nitrogens with zero attached hydrogens (tertiary/aromatic N) is 2. The van der Waals surface area contributed by atoms with Crippen molar-refractivity contribution >= 4 is 22.5 Å². The standard InChI is InChI=1S/C13H14N4O3/c14-9-3-4-16(7-9)13(18)8-1-2-11-10(5-8)12(6-15-11)17(19)20/h1-2,5-6,9,15H,3-4,7,14H2/t9-/m1/s1. The van der Waals surface area contributed by atoms with Gasteiger partial charge in [0.2, 0.25) is 0 Å². The number of amides is 1. The van der Waals surface area contributed by atoms with Crippen molar-refractivity contribution in [1.82, 2.24) is 9.88 Å². The second-order valence-electron chi connectivity index (χ2n) is 4.99. The van der Waals surface area contributed by atoms with Gasteiger partial charge in [0.1, 0.15) is 0 Å². The highest BCUT2D eigenvalue weighted by Crippen LogP contribution is 2.26. The highest BCUT2D eigenvalue weighted by Gasteiger charge is 2.25. The summed E-state index contributed by atoms with van der Waals surface area (Å²) >= 11 is 0. The van der Waals surface area contributed by atoms with Crippen LogP contribution in [0.3, 0.4) is 0 Å². The quantitative estimate of drug-likeness (QED) is 0.635. The number of nitrogens with one attached hydrogen (secondary N) is 1. The van der Waals surface area contributed by atoms with Crippen LogP contribution in [-0.2, 0) is 0 Å². The third-order valence-electron chi connectivity index (χ3n) is 3.62. The highest BCUT2D eigenvalue weighted by molar-refractivity contribution is 6.00. The van der Waals surface area contributed by atoms with Gasteiger partial charge in [0, 0.05) is 24.7 Å². The van der Waals surface area contributed by atoms with E-state index in [1.807, 2.05) is 0 Å². The van der Waals surface area contributed by atoms with E-state index in [0.29, 0.717) is 29.6 Å². The fourth-order valence-electron chi connectivity index (χ4n) is 2.54. The minimum atomic E-state index is -0.459. The Balaban J connectivity index is 1.97. The molecule has 1 saturated heterocycles. The first kappa shape index (κ1) is 12.6. The fourth-order valence-corrected chi connectivity index (χ4v) is 2.54. The maximum atomic E-state index is 12.3. The number of benzene rings is 1. The average Bonchev–Trinajstić information content (AvgIpc) is 3.03. The number of aromatic nitrogens is 1. The van der Waals surface area contributed by atoms with Gasteiger partial charge in [-0.05, 0) is 24.6 Å². The Kier molecular flexibility index (Phi) is 2.90. The van der Waals surface area contributed by atoms with Gasteiger partial charge in [-0.2, -0.15) is 0 Å². The number of H-pyrrole nitrogens is 1. The van der Waals surface area contributed by atoms with E-state index < -0.39 is 4.92 Å². The number of nitrogens with two attached hydrogens (primary N) is 1. The number of nitro groups is 1. The molecule has 0 aliphatic carbocycles. The predicted molar refractivity (Wildman–Crippen MR) is 73.4 cm³/mol. The summed E-state index contributed by atoms with van der Waals surface area (Å²) in [5, 5.41) is 11.4. The van der Waals surface area contributed by atoms with Crippen molar-refractivity contribution in [2.75, 3.05) is 13.1 Å². The Morgan fingerprint density at radius 3 is 2.95 bits per heavy atom. The van der Waals surface area contributed by atoms with Crippen molar-refractivity contribution in [3.05, 3.63) is 40.1 Å². The normalized spacial score (nSPS) is 18.6. The van der Waals surface area contributed by atoms with Crippen molar-refractivity contribution in [1.29, 1.82) is 0 Å². The van der Waals surface area contributed by atoms with Crippen LogP contribution in [0.5, 0.6) is 0 Å². The molecule has 1 atom stereocenters. The molecule has 3 rings (SSSR count). The Morgan fingerprint density at radius 1 is 1.50 bits per heavy atom. The largest absolute Gasteiger partial charge is 0.355 e. The molecule has 1 aliphatic rings. The van der Waals surface area contributed by atoms with Crippen LogP contribution >= 0.6 is 0 Å². The number of fused-ring (bicyclic) bond motifs is 1. The van der Waals surface area contributed by atoms with Crippen LogP contribution in [0.1, 0.15) is 16.8 Å². The molecule has 2 heterocycles. The minimum Gasteiger partial charge on any atom is -0.355 e. The third-order valence-corrected chi connectivity index (χ3v) is 3.62. The van der Waals surface area contributed by atoms with Crippen LogP contribution in [0.2, 0.25) is 0 Å². The molecule has 1 fully saturated rings. The van der Waals surface area contributed by atoms with Gasteiger partial charge >= 0.3 is 0 Å². The summed E-state index contributed by atoms with van der Waals surface area (Å²) in [7, 11) is 0. The minimum absolute atomic E-state index is 0.0178. The average molecular weight is 274 g/mol. The molecule has 1 aromatic heterocycles. The molecule has 20 heavy (non-hydrogen) atoms. The van der Waals surface area contributed by atoms with Gasteiger partial charge in [-0.1, -0.05) is 0 Å². The molecule has 0 saturated carbocycles. The molecule has 0 spiro atoms. The van der Waals surface area contributed by atoms with Crippen LogP contribution in [0, 0.1) is 10.1 Å². The molecule has 0 radical (unpaired) electrons. The second-order valence-corrected chi connectivity index (χ2v) is 4.99. The van der Waals surface area contributed by atoms with Crippen LogP contribution in [0.4, 0.5) is 5.69 Å². The monoisotopic (exact) mass is 274 g/mol. The van der Waals surface area contributed by atoms with E-state index in [1.54, 1.807) is 23.1 Å². The number of hydrogen-bond donors (Lipinski definition) is 2. The van der Waals surface area contributed by atoms with Gasteiger partial charge in [-0.15, -0.1) is 0 Å². The van der Waals surface area contributed by atoms with Crippen LogP contribution in [0.25, 0.3) is 10.9 Å². The van der Waals surface area contributed by atoms with Crippen LogP contribution in [-0.4, -0.2) is 39.8 Å². The summed E-state index contributed by atoms with van der Waals surface area (Å²) in [6.45, 7) is 1.17.